The maximum Gasteiger partial charge on any atom is 0.411 e. The summed E-state index contributed by atoms with van der Waals surface area (Å²) in [6.07, 6.45) is -7.76. The van der Waals surface area contributed by atoms with E-state index < -0.39 is 38.4 Å². The van der Waals surface area contributed by atoms with Gasteiger partial charge in [0.1, 0.15) is 13.2 Å². The third-order valence-corrected chi connectivity index (χ3v) is 0.916. The van der Waals surface area contributed by atoms with Gasteiger partial charge in [-0.2, -0.15) is 22.0 Å². The van der Waals surface area contributed by atoms with Crippen LogP contribution in [0, 0.1) is 0 Å². The molecule has 0 unspecified atom stereocenters. The molecule has 0 N–H and O–H groups in total. The summed E-state index contributed by atoms with van der Waals surface area (Å²) in [5, 5.41) is 0. The van der Waals surface area contributed by atoms with Crippen molar-refractivity contribution in [3.05, 3.63) is 0 Å². The molecule has 0 bridgehead atoms. The van der Waals surface area contributed by atoms with Crippen molar-refractivity contribution in [3.63, 3.8) is 0 Å². The molecule has 8 heteroatoms. The Bertz CT molecular complexity index is 179. The third-order valence-electron chi connectivity index (χ3n) is 0.916. The van der Waals surface area contributed by atoms with E-state index in [1.165, 1.54) is 0 Å². The molecule has 0 rings (SSSR count). The van der Waals surface area contributed by atoms with E-state index in [2.05, 4.69) is 9.47 Å². The van der Waals surface area contributed by atoms with Crippen molar-refractivity contribution in [2.75, 3.05) is 19.8 Å². The fourth-order valence-electron chi connectivity index (χ4n) is 0.452. The Kier molecular flexibility index (Phi) is 5.36. The zero-order valence-electron chi connectivity index (χ0n) is 6.81. The van der Waals surface area contributed by atoms with Crippen molar-refractivity contribution >= 4 is 5.97 Å². The number of carbonyl (C=O) groups is 1. The average Bonchev–Trinajstić information content (AvgIpc) is 2.01. The van der Waals surface area contributed by atoms with Crippen LogP contribution in [0.2, 0.25) is 0 Å². The van der Waals surface area contributed by atoms with E-state index in [0.29, 0.717) is 0 Å². The number of halogens is 5. The summed E-state index contributed by atoms with van der Waals surface area (Å²) in [6, 6.07) is 0. The van der Waals surface area contributed by atoms with Crippen molar-refractivity contribution in [2.24, 2.45) is 0 Å². The normalized spacial score (nSPS) is 11.9. The van der Waals surface area contributed by atoms with Gasteiger partial charge in [-0.05, 0) is 0 Å². The Labute approximate surface area is 75.8 Å². The smallest absolute Gasteiger partial charge is 0.411 e. The van der Waals surface area contributed by atoms with Crippen LogP contribution in [0.1, 0.15) is 0 Å². The summed E-state index contributed by atoms with van der Waals surface area (Å²) in [7, 11) is 0. The fourth-order valence-corrected chi connectivity index (χ4v) is 0.452. The van der Waals surface area contributed by atoms with Crippen molar-refractivity contribution in [2.45, 2.75) is 12.6 Å². The highest BCUT2D eigenvalue weighted by atomic mass is 19.4. The molecule has 0 saturated heterocycles. The first-order valence-corrected chi connectivity index (χ1v) is 3.42. The van der Waals surface area contributed by atoms with Crippen LogP contribution in [0.3, 0.4) is 0 Å². The van der Waals surface area contributed by atoms with Crippen LogP contribution in [0.25, 0.3) is 0 Å². The van der Waals surface area contributed by atoms with Crippen LogP contribution >= 0.6 is 0 Å². The number of carbonyl (C=O) groups excluding carboxylic acids is 1. The van der Waals surface area contributed by atoms with Gasteiger partial charge < -0.3 is 9.47 Å². The van der Waals surface area contributed by atoms with Crippen LogP contribution in [-0.4, -0.2) is 38.4 Å². The number of hydrogen-bond donors (Lipinski definition) is 0. The molecule has 0 saturated carbocycles. The van der Waals surface area contributed by atoms with E-state index in [1.807, 2.05) is 0 Å². The minimum absolute atomic E-state index is 0.571. The molecular formula is C6H7F5O3. The number of ether oxygens (including phenoxy) is 2. The van der Waals surface area contributed by atoms with E-state index in [4.69, 9.17) is 0 Å². The Morgan fingerprint density at radius 1 is 1.21 bits per heavy atom. The number of esters is 1. The molecule has 0 aromatic carbocycles. The third kappa shape index (κ3) is 7.71. The molecule has 0 aliphatic heterocycles. The van der Waals surface area contributed by atoms with Gasteiger partial charge in [-0.15, -0.1) is 0 Å². The number of hydrogen-bond acceptors (Lipinski definition) is 3. The summed E-state index contributed by atoms with van der Waals surface area (Å²) < 4.78 is 64.9. The maximum atomic E-state index is 11.4. The van der Waals surface area contributed by atoms with Gasteiger partial charge in [0.25, 0.3) is 0 Å². The molecule has 84 valence electrons. The van der Waals surface area contributed by atoms with Gasteiger partial charge in [-0.25, -0.2) is 4.79 Å². The van der Waals surface area contributed by atoms with Crippen LogP contribution in [0.5, 0.6) is 0 Å². The largest absolute Gasteiger partial charge is 0.459 e. The maximum absolute atomic E-state index is 11.4. The molecule has 0 aliphatic rings. The lowest BCUT2D eigenvalue weighted by Crippen LogP contribution is -2.21. The van der Waals surface area contributed by atoms with E-state index in [0.717, 1.165) is 0 Å². The second-order valence-corrected chi connectivity index (χ2v) is 2.14. The molecule has 0 amide bonds. The van der Waals surface area contributed by atoms with Crippen molar-refractivity contribution < 1.29 is 36.2 Å². The lowest BCUT2D eigenvalue weighted by molar-refractivity contribution is -0.179. The highest BCUT2D eigenvalue weighted by molar-refractivity contribution is 5.72. The molecule has 0 spiro atoms. The van der Waals surface area contributed by atoms with Gasteiger partial charge in [-0.1, -0.05) is 0 Å². The van der Waals surface area contributed by atoms with Crippen LogP contribution in [0.15, 0.2) is 0 Å². The van der Waals surface area contributed by atoms with Gasteiger partial charge in [0, 0.05) is 0 Å². The van der Waals surface area contributed by atoms with Gasteiger partial charge in [-0.3, -0.25) is 0 Å². The average molecular weight is 222 g/mol. The highest BCUT2D eigenvalue weighted by Crippen LogP contribution is 2.14. The van der Waals surface area contributed by atoms with Crippen LogP contribution in [0.4, 0.5) is 22.0 Å². The Hall–Kier alpha value is -0.920. The second kappa shape index (κ2) is 5.74. The summed E-state index contributed by atoms with van der Waals surface area (Å²) in [5.41, 5.74) is 0. The highest BCUT2D eigenvalue weighted by Gasteiger charge is 2.27. The first kappa shape index (κ1) is 13.1. The molecule has 0 atom stereocenters. The first-order chi connectivity index (χ1) is 6.33. The Morgan fingerprint density at radius 2 is 1.79 bits per heavy atom. The minimum Gasteiger partial charge on any atom is -0.459 e. The monoisotopic (exact) mass is 222 g/mol. The van der Waals surface area contributed by atoms with Crippen molar-refractivity contribution in [1.29, 1.82) is 0 Å². The predicted octanol–water partition coefficient (Wildman–Crippen LogP) is 1.37. The van der Waals surface area contributed by atoms with Crippen molar-refractivity contribution in [3.8, 4) is 0 Å². The summed E-state index contributed by atoms with van der Waals surface area (Å²) in [6.45, 7) is -2.70. The van der Waals surface area contributed by atoms with Gasteiger partial charge in [0.05, 0.1) is 6.61 Å². The molecule has 14 heavy (non-hydrogen) atoms. The first-order valence-electron chi connectivity index (χ1n) is 3.42. The van der Waals surface area contributed by atoms with Crippen molar-refractivity contribution in [1.82, 2.24) is 0 Å². The SMILES string of the molecule is O=C(OCCOCC(F)(F)F)C(F)F. The summed E-state index contributed by atoms with van der Waals surface area (Å²) in [5.74, 6) is -1.78. The van der Waals surface area contributed by atoms with Crippen LogP contribution < -0.4 is 0 Å². The Balaban J connectivity index is 3.35. The van der Waals surface area contributed by atoms with Gasteiger partial charge in [0.2, 0.25) is 0 Å². The Morgan fingerprint density at radius 3 is 2.21 bits per heavy atom. The summed E-state index contributed by atoms with van der Waals surface area (Å²) >= 11 is 0. The van der Waals surface area contributed by atoms with Gasteiger partial charge in [0.15, 0.2) is 0 Å². The van der Waals surface area contributed by atoms with Crippen LogP contribution in [-0.2, 0) is 14.3 Å². The molecule has 3 nitrogen and oxygen atoms in total. The zero-order chi connectivity index (χ0) is 11.2. The fraction of sp³-hybridized carbons (Fsp3) is 0.833. The standard InChI is InChI=1S/C6H7F5O3/c7-4(8)5(12)14-2-1-13-3-6(9,10)11/h4H,1-3H2. The van der Waals surface area contributed by atoms with E-state index in [1.54, 1.807) is 0 Å². The predicted molar refractivity (Wildman–Crippen MR) is 33.8 cm³/mol. The minimum atomic E-state index is -4.48. The lowest BCUT2D eigenvalue weighted by atomic mass is 10.6. The summed E-state index contributed by atoms with van der Waals surface area (Å²) in [4.78, 5) is 10.1. The number of rotatable bonds is 5. The molecule has 0 heterocycles. The van der Waals surface area contributed by atoms with E-state index >= 15 is 0 Å². The topological polar surface area (TPSA) is 35.5 Å². The molecule has 0 aliphatic carbocycles. The lowest BCUT2D eigenvalue weighted by Gasteiger charge is -2.07. The van der Waals surface area contributed by atoms with E-state index in [-0.39, 0.29) is 0 Å². The molecular weight excluding hydrogens is 215 g/mol. The molecule has 0 aromatic rings. The second-order valence-electron chi connectivity index (χ2n) is 2.14. The quantitative estimate of drug-likeness (QED) is 0.400. The number of alkyl halides is 5. The molecule has 0 aromatic heterocycles. The van der Waals surface area contributed by atoms with Gasteiger partial charge >= 0.3 is 18.6 Å². The zero-order valence-corrected chi connectivity index (χ0v) is 6.81. The molecule has 0 fully saturated rings. The van der Waals surface area contributed by atoms with E-state index in [9.17, 15) is 26.7 Å². The molecule has 0 radical (unpaired) electrons.